The number of amides is 4. The van der Waals surface area contributed by atoms with Gasteiger partial charge >= 0.3 is 5.97 Å². The third-order valence-electron chi connectivity index (χ3n) is 13.4. The SMILES string of the molecule is CN.CNC(=O)c1c(Nc2cccc(-c3ncn(C)n3)c2OC)cc(Cl)nc1N.CNC(=O)c1c(Nc2cccc(-c3ncn(C)n3)c2OC)cc(NC(=O)C2CC2)nc1N.COc1c(Nc2cc(Cl)nc(N)c2C(=O)O)cccc1-c1ncn(C)n1.Cl.NC(=O)C1CC1. The Balaban J connectivity index is 0.000000210. The van der Waals surface area contributed by atoms with Crippen molar-refractivity contribution in [3.05, 3.63) is 119 Å². The van der Waals surface area contributed by atoms with Crippen molar-refractivity contribution >= 4 is 123 Å². The summed E-state index contributed by atoms with van der Waals surface area (Å²) in [6.45, 7) is 0. The Morgan fingerprint density at radius 1 is 0.532 bits per heavy atom. The number of nitrogens with one attached hydrogen (secondary N) is 6. The number of aromatic carboxylic acids is 1. The molecule has 0 atom stereocenters. The molecule has 17 N–H and O–H groups in total. The van der Waals surface area contributed by atoms with Crippen LogP contribution in [-0.2, 0) is 30.7 Å². The second kappa shape index (κ2) is 32.8. The number of nitrogens with zero attached hydrogens (tertiary/aromatic N) is 12. The fourth-order valence-corrected chi connectivity index (χ4v) is 9.20. The van der Waals surface area contributed by atoms with E-state index in [-0.39, 0.29) is 97.9 Å². The molecule has 2 aliphatic carbocycles. The highest BCUT2D eigenvalue weighted by molar-refractivity contribution is 6.30. The molecular weight excluding hydrogens is 1280 g/mol. The zero-order valence-electron chi connectivity index (χ0n) is 52.3. The maximum Gasteiger partial charge on any atom is 0.341 e. The lowest BCUT2D eigenvalue weighted by molar-refractivity contribution is -0.119. The Bertz CT molecular complexity index is 4190. The number of aryl methyl sites for hydroxylation is 3. The Labute approximate surface area is 554 Å². The predicted molar refractivity (Wildman–Crippen MR) is 359 cm³/mol. The highest BCUT2D eigenvalue weighted by Gasteiger charge is 2.31. The molecule has 2 aliphatic rings. The number of rotatable bonds is 18. The zero-order chi connectivity index (χ0) is 67.8. The highest BCUT2D eigenvalue weighted by Crippen LogP contribution is 2.42. The Morgan fingerprint density at radius 3 is 1.17 bits per heavy atom. The van der Waals surface area contributed by atoms with Crippen LogP contribution in [0.5, 0.6) is 17.2 Å². The van der Waals surface area contributed by atoms with Gasteiger partial charge in [0.1, 0.15) is 69.2 Å². The van der Waals surface area contributed by atoms with Crippen molar-refractivity contribution in [3.8, 4) is 51.4 Å². The van der Waals surface area contributed by atoms with Crippen LogP contribution in [0.3, 0.4) is 0 Å². The van der Waals surface area contributed by atoms with Crippen LogP contribution in [0.25, 0.3) is 34.2 Å². The van der Waals surface area contributed by atoms with Crippen molar-refractivity contribution in [1.29, 1.82) is 0 Å². The number of carbonyl (C=O) groups excluding carboxylic acids is 4. The molecule has 2 saturated carbocycles. The summed E-state index contributed by atoms with van der Waals surface area (Å²) in [5, 5.41) is 39.8. The first-order chi connectivity index (χ1) is 44.6. The summed E-state index contributed by atoms with van der Waals surface area (Å²) in [5.74, 6) is 0.960. The number of methoxy groups -OCH3 is 3. The number of hydrogen-bond donors (Lipinski definition) is 12. The van der Waals surface area contributed by atoms with Gasteiger partial charge in [0, 0.05) is 59.2 Å². The first-order valence-electron chi connectivity index (χ1n) is 28.0. The van der Waals surface area contributed by atoms with Crippen LogP contribution in [-0.4, -0.2) is 136 Å². The average molecular weight is 1350 g/mol. The summed E-state index contributed by atoms with van der Waals surface area (Å²) in [6.07, 6.45) is 8.52. The maximum atomic E-state index is 12.5. The van der Waals surface area contributed by atoms with Gasteiger partial charge in [0.15, 0.2) is 34.7 Å². The molecule has 32 nitrogen and oxygen atoms in total. The van der Waals surface area contributed by atoms with E-state index in [0.29, 0.717) is 79.8 Å². The van der Waals surface area contributed by atoms with E-state index < -0.39 is 11.9 Å². The second-order valence-electron chi connectivity index (χ2n) is 20.0. The summed E-state index contributed by atoms with van der Waals surface area (Å²) < 4.78 is 21.5. The number of carboxylic acid groups (broad SMARTS) is 1. The van der Waals surface area contributed by atoms with Crippen LogP contribution in [0, 0.1) is 11.8 Å². The van der Waals surface area contributed by atoms with Crippen LogP contribution in [0.4, 0.5) is 57.4 Å². The molecule has 35 heteroatoms. The zero-order valence-corrected chi connectivity index (χ0v) is 54.6. The van der Waals surface area contributed by atoms with Gasteiger partial charge in [-0.1, -0.05) is 41.4 Å². The fraction of sp³-hybridized carbons (Fsp3) is 0.254. The molecule has 0 spiro atoms. The number of primary amides is 1. The molecule has 4 amide bonds. The molecule has 3 aromatic carbocycles. The quantitative estimate of drug-likeness (QED) is 0.0403. The molecule has 0 aliphatic heterocycles. The van der Waals surface area contributed by atoms with Crippen LogP contribution < -0.4 is 74.8 Å². The van der Waals surface area contributed by atoms with Crippen LogP contribution in [0.15, 0.2) is 91.8 Å². The van der Waals surface area contributed by atoms with Crippen molar-refractivity contribution in [3.63, 3.8) is 0 Å². The van der Waals surface area contributed by atoms with E-state index in [4.69, 9.17) is 60.3 Å². The van der Waals surface area contributed by atoms with Gasteiger partial charge in [-0.2, -0.15) is 15.3 Å². The van der Waals surface area contributed by atoms with Gasteiger partial charge in [0.2, 0.25) is 11.8 Å². The summed E-state index contributed by atoms with van der Waals surface area (Å²) in [7, 11) is 14.4. The number of benzene rings is 3. The largest absolute Gasteiger partial charge is 0.494 e. The maximum absolute atomic E-state index is 12.5. The van der Waals surface area contributed by atoms with Gasteiger partial charge in [-0.3, -0.25) is 33.2 Å². The molecule has 0 radical (unpaired) electrons. The molecule has 9 aromatic rings. The molecule has 0 saturated heterocycles. The second-order valence-corrected chi connectivity index (χ2v) is 20.8. The van der Waals surface area contributed by atoms with Crippen molar-refractivity contribution in [2.75, 3.05) is 80.9 Å². The standard InChI is InChI=1S/C21H24N8O3.C17H18ClN7O2.C16H15ClN6O3.C4H7NO.CH5N.ClH/c1-23-21(31)16-14(9-15(26-18(16)22)27-20(30)11-7-8-11)25-13-6-4-5-12(17(13)32-3)19-24-10-29(2)28-19;1-20-17(26)13-11(7-12(18)23-15(13)19)22-10-6-4-5-9(14(10)27-3)16-21-8-25(2)24-16;1-23-7-19-15(22-23)8-4-3-5-9(13(8)26-2)20-10-6-11(17)21-14(18)12(10)16(24)25;5-4(6)3-1-2-3;1-2;/h4-6,9-11H,7-8H2,1-3H3,(H,23,31)(H4,22,25,26,27,30);4-8H,1-3H3,(H,20,26)(H3,19,22,23);3-7H,1-2H3,(H,24,25)(H3,18,20,21);3H,1-2H2,(H2,5,6);2H2,1H3;1H. The number of anilines is 10. The van der Waals surface area contributed by atoms with Gasteiger partial charge in [0.25, 0.3) is 11.8 Å². The number of nitrogens with two attached hydrogens (primary N) is 5. The van der Waals surface area contributed by atoms with Crippen molar-refractivity contribution in [1.82, 2.24) is 69.9 Å². The molecule has 0 unspecified atom stereocenters. The third-order valence-corrected chi connectivity index (χ3v) is 13.8. The molecule has 2 fully saturated rings. The molecule has 496 valence electrons. The fourth-order valence-electron chi connectivity index (χ4n) is 8.80. The van der Waals surface area contributed by atoms with E-state index in [1.54, 1.807) is 97.7 Å². The van der Waals surface area contributed by atoms with Crippen molar-refractivity contribution < 1.29 is 43.3 Å². The van der Waals surface area contributed by atoms with Crippen LogP contribution >= 0.6 is 35.6 Å². The Morgan fingerprint density at radius 2 is 0.872 bits per heavy atom. The average Bonchev–Trinajstić information content (AvgIpc) is 1.66. The van der Waals surface area contributed by atoms with E-state index in [1.165, 1.54) is 47.5 Å². The molecular formula is C59H70Cl3N23O9. The smallest absolute Gasteiger partial charge is 0.341 e. The topological polar surface area (TPSA) is 466 Å². The van der Waals surface area contributed by atoms with Crippen molar-refractivity contribution in [2.45, 2.75) is 25.7 Å². The first-order valence-corrected chi connectivity index (χ1v) is 28.8. The minimum absolute atomic E-state index is 0. The molecule has 94 heavy (non-hydrogen) atoms. The van der Waals surface area contributed by atoms with E-state index in [9.17, 15) is 29.1 Å². The first kappa shape index (κ1) is 72.0. The number of pyridine rings is 3. The number of para-hydroxylation sites is 3. The number of ether oxygens (including phenoxy) is 3. The Kier molecular flexibility index (Phi) is 25.1. The highest BCUT2D eigenvalue weighted by atomic mass is 35.5. The van der Waals surface area contributed by atoms with E-state index >= 15 is 0 Å². The monoisotopic (exact) mass is 1350 g/mol. The number of carboxylic acids is 1. The number of hydrogen-bond acceptors (Lipinski definition) is 24. The normalized spacial score (nSPS) is 11.7. The van der Waals surface area contributed by atoms with Gasteiger partial charge < -0.3 is 79.9 Å². The molecule has 6 heterocycles. The number of aromatic nitrogens is 12. The minimum atomic E-state index is -1.23. The van der Waals surface area contributed by atoms with Crippen molar-refractivity contribution in [2.24, 2.45) is 44.4 Å². The molecule has 11 rings (SSSR count). The van der Waals surface area contributed by atoms with E-state index in [2.05, 4.69) is 82.8 Å². The third kappa shape index (κ3) is 17.9. The van der Waals surface area contributed by atoms with Crippen LogP contribution in [0.1, 0.15) is 56.8 Å². The summed E-state index contributed by atoms with van der Waals surface area (Å²) in [6, 6.07) is 20.7. The van der Waals surface area contributed by atoms with Gasteiger partial charge in [-0.25, -0.2) is 34.7 Å². The predicted octanol–water partition coefficient (Wildman–Crippen LogP) is 6.59. The van der Waals surface area contributed by atoms with E-state index in [1.807, 2.05) is 24.3 Å². The van der Waals surface area contributed by atoms with Crippen LogP contribution in [0.2, 0.25) is 10.3 Å². The molecule has 0 bridgehead atoms. The number of nitrogen functional groups attached to an aromatic ring is 3. The Hall–Kier alpha value is -11.1. The summed E-state index contributed by atoms with van der Waals surface area (Å²) >= 11 is 11.9. The lowest BCUT2D eigenvalue weighted by atomic mass is 10.1. The molecule has 6 aromatic heterocycles. The summed E-state index contributed by atoms with van der Waals surface area (Å²) in [4.78, 5) is 83.2. The van der Waals surface area contributed by atoms with Gasteiger partial charge in [-0.15, -0.1) is 12.4 Å². The summed E-state index contributed by atoms with van der Waals surface area (Å²) in [5.41, 5.74) is 31.8. The lowest BCUT2D eigenvalue weighted by Gasteiger charge is -2.18. The van der Waals surface area contributed by atoms with Gasteiger partial charge in [-0.05, 0) is 75.2 Å². The lowest BCUT2D eigenvalue weighted by Crippen LogP contribution is -2.22. The number of halogens is 3. The number of carbonyl (C=O) groups is 5. The van der Waals surface area contributed by atoms with Gasteiger partial charge in [0.05, 0.1) is 72.1 Å². The van der Waals surface area contributed by atoms with E-state index in [0.717, 1.165) is 25.7 Å². The minimum Gasteiger partial charge on any atom is -0.494 e.